The van der Waals surface area contributed by atoms with Gasteiger partial charge in [-0.1, -0.05) is 32.0 Å². The Hall–Kier alpha value is -1.94. The van der Waals surface area contributed by atoms with Crippen molar-refractivity contribution in [2.75, 3.05) is 39.9 Å². The van der Waals surface area contributed by atoms with Crippen molar-refractivity contribution < 1.29 is 22.7 Å². The summed E-state index contributed by atoms with van der Waals surface area (Å²) in [4.78, 5) is 14.7. The van der Waals surface area contributed by atoms with Crippen molar-refractivity contribution in [3.63, 3.8) is 0 Å². The summed E-state index contributed by atoms with van der Waals surface area (Å²) in [6.45, 7) is 8.88. The van der Waals surface area contributed by atoms with E-state index in [1.165, 1.54) is 18.7 Å². The van der Waals surface area contributed by atoms with E-state index in [1.54, 1.807) is 9.69 Å². The highest BCUT2D eigenvalue weighted by molar-refractivity contribution is 7.89. The minimum Gasteiger partial charge on any atom is -0.493 e. The second-order valence-electron chi connectivity index (χ2n) is 10.1. The summed E-state index contributed by atoms with van der Waals surface area (Å²) < 4.78 is 38.8. The maximum atomic E-state index is 13.2. The number of thiophene rings is 1. The van der Waals surface area contributed by atoms with Gasteiger partial charge in [-0.05, 0) is 67.6 Å². The lowest BCUT2D eigenvalue weighted by molar-refractivity contribution is 0.0523. The van der Waals surface area contributed by atoms with Gasteiger partial charge in [-0.25, -0.2) is 13.2 Å². The number of rotatable bonds is 8. The van der Waals surface area contributed by atoms with Crippen molar-refractivity contribution in [3.8, 4) is 5.75 Å². The number of esters is 1. The molecule has 4 rings (SSSR count). The van der Waals surface area contributed by atoms with E-state index in [4.69, 9.17) is 9.47 Å². The molecule has 2 saturated heterocycles. The zero-order chi connectivity index (χ0) is 25.1. The third kappa shape index (κ3) is 5.90. The lowest BCUT2D eigenvalue weighted by Gasteiger charge is -2.46. The average Bonchev–Trinajstić information content (AvgIpc) is 3.36. The topological polar surface area (TPSA) is 76.2 Å². The van der Waals surface area contributed by atoms with Crippen molar-refractivity contribution in [1.29, 1.82) is 0 Å². The van der Waals surface area contributed by atoms with Crippen LogP contribution >= 0.6 is 11.3 Å². The van der Waals surface area contributed by atoms with E-state index in [1.807, 2.05) is 6.07 Å². The molecule has 0 N–H and O–H groups in total. The van der Waals surface area contributed by atoms with E-state index in [0.29, 0.717) is 25.6 Å². The van der Waals surface area contributed by atoms with Crippen LogP contribution < -0.4 is 4.74 Å². The summed E-state index contributed by atoms with van der Waals surface area (Å²) in [5.41, 5.74) is 1.41. The summed E-state index contributed by atoms with van der Waals surface area (Å²) in [6.07, 6.45) is 3.85. The molecule has 0 atom stereocenters. The van der Waals surface area contributed by atoms with Gasteiger partial charge in [0.15, 0.2) is 0 Å². The van der Waals surface area contributed by atoms with Gasteiger partial charge in [-0.3, -0.25) is 4.90 Å². The highest BCUT2D eigenvalue weighted by Crippen LogP contribution is 2.43. The molecule has 192 valence electrons. The van der Waals surface area contributed by atoms with Crippen molar-refractivity contribution >= 4 is 27.3 Å². The number of carbonyl (C=O) groups is 1. The molecule has 0 radical (unpaired) electrons. The first-order valence-electron chi connectivity index (χ1n) is 12.3. The van der Waals surface area contributed by atoms with Crippen LogP contribution in [0.2, 0.25) is 0 Å². The van der Waals surface area contributed by atoms with E-state index >= 15 is 0 Å². The third-order valence-electron chi connectivity index (χ3n) is 7.26. The van der Waals surface area contributed by atoms with Gasteiger partial charge in [-0.15, -0.1) is 11.3 Å². The number of benzene rings is 1. The number of sulfonamides is 1. The summed E-state index contributed by atoms with van der Waals surface area (Å²) in [5.74, 6) is 0.856. The van der Waals surface area contributed by atoms with Crippen LogP contribution in [0.15, 0.2) is 40.6 Å². The number of hydrogen-bond acceptors (Lipinski definition) is 7. The number of likely N-dealkylation sites (tertiary alicyclic amines) is 1. The second-order valence-corrected chi connectivity index (χ2v) is 12.9. The van der Waals surface area contributed by atoms with Crippen molar-refractivity contribution in [2.24, 2.45) is 11.3 Å². The van der Waals surface area contributed by atoms with Crippen LogP contribution in [0.1, 0.15) is 54.8 Å². The number of methoxy groups -OCH3 is 1. The van der Waals surface area contributed by atoms with Crippen LogP contribution in [0.5, 0.6) is 5.75 Å². The van der Waals surface area contributed by atoms with E-state index in [-0.39, 0.29) is 15.2 Å². The van der Waals surface area contributed by atoms with Crippen LogP contribution in [0.4, 0.5) is 0 Å². The number of carbonyl (C=O) groups excluding carboxylic acids is 1. The zero-order valence-corrected chi connectivity index (χ0v) is 22.5. The van der Waals surface area contributed by atoms with E-state index in [9.17, 15) is 13.2 Å². The molecule has 0 aliphatic carbocycles. The number of nitrogens with zero attached hydrogens (tertiary/aromatic N) is 2. The molecular formula is C26H36N2O5S2. The maximum Gasteiger partial charge on any atom is 0.349 e. The van der Waals surface area contributed by atoms with Gasteiger partial charge in [0.25, 0.3) is 0 Å². The number of hydrogen-bond donors (Lipinski definition) is 0. The monoisotopic (exact) mass is 520 g/mol. The van der Waals surface area contributed by atoms with Crippen LogP contribution in [0.25, 0.3) is 0 Å². The molecule has 0 amide bonds. The Kier molecular flexibility index (Phi) is 8.20. The lowest BCUT2D eigenvalue weighted by Crippen LogP contribution is -2.48. The lowest BCUT2D eigenvalue weighted by atomic mass is 9.71. The summed E-state index contributed by atoms with van der Waals surface area (Å²) in [6, 6.07) is 9.81. The highest BCUT2D eigenvalue weighted by Gasteiger charge is 2.41. The van der Waals surface area contributed by atoms with E-state index in [2.05, 4.69) is 36.9 Å². The molecule has 2 fully saturated rings. The van der Waals surface area contributed by atoms with Crippen molar-refractivity contribution in [2.45, 2.75) is 51.0 Å². The van der Waals surface area contributed by atoms with Gasteiger partial charge in [0.05, 0.1) is 13.7 Å². The fourth-order valence-electron chi connectivity index (χ4n) is 5.04. The Bertz CT molecular complexity index is 1110. The van der Waals surface area contributed by atoms with Crippen LogP contribution in [0, 0.1) is 11.3 Å². The van der Waals surface area contributed by atoms with Gasteiger partial charge >= 0.3 is 5.97 Å². The Morgan fingerprint density at radius 3 is 2.37 bits per heavy atom. The molecule has 9 heteroatoms. The van der Waals surface area contributed by atoms with Crippen molar-refractivity contribution in [3.05, 3.63) is 46.2 Å². The highest BCUT2D eigenvalue weighted by atomic mass is 32.2. The average molecular weight is 521 g/mol. The summed E-state index contributed by atoms with van der Waals surface area (Å²) in [5, 5.41) is 1.63. The van der Waals surface area contributed by atoms with Gasteiger partial charge in [0.1, 0.15) is 15.5 Å². The predicted molar refractivity (Wildman–Crippen MR) is 137 cm³/mol. The fraction of sp³-hybridized carbons (Fsp3) is 0.577. The van der Waals surface area contributed by atoms with E-state index < -0.39 is 16.0 Å². The fourth-order valence-corrected chi connectivity index (χ4v) is 7.79. The minimum absolute atomic E-state index is 0.0680. The molecule has 7 nitrogen and oxygen atoms in total. The molecule has 2 aliphatic heterocycles. The normalized spacial score (nSPS) is 19.2. The standard InChI is InChI=1S/C26H36N2O5S2/c1-20(2)19-33-22-7-5-4-6-21(22)18-27-13-9-26(10-14-27)11-15-28(16-12-26)35(30,31)23-8-17-34-24(23)25(29)32-3/h4-8,17,20H,9-16,18-19H2,1-3H3. The molecule has 2 aliphatic rings. The maximum absolute atomic E-state index is 13.2. The molecular weight excluding hydrogens is 484 g/mol. The largest absolute Gasteiger partial charge is 0.493 e. The molecule has 3 heterocycles. The molecule has 0 unspecified atom stereocenters. The molecule has 1 spiro atoms. The Morgan fingerprint density at radius 2 is 1.71 bits per heavy atom. The van der Waals surface area contributed by atoms with Gasteiger partial charge in [0, 0.05) is 25.2 Å². The van der Waals surface area contributed by atoms with Gasteiger partial charge < -0.3 is 9.47 Å². The Labute approximate surface area is 213 Å². The first-order valence-corrected chi connectivity index (χ1v) is 14.7. The number of ether oxygens (including phenoxy) is 2. The number of para-hydroxylation sites is 1. The molecule has 1 aromatic heterocycles. The van der Waals surface area contributed by atoms with Gasteiger partial charge in [0.2, 0.25) is 10.0 Å². The van der Waals surface area contributed by atoms with E-state index in [0.717, 1.165) is 62.4 Å². The first kappa shape index (κ1) is 26.1. The van der Waals surface area contributed by atoms with Crippen LogP contribution in [-0.2, 0) is 21.3 Å². The number of piperidine rings is 2. The Balaban J connectivity index is 1.33. The minimum atomic E-state index is -3.71. The smallest absolute Gasteiger partial charge is 0.349 e. The van der Waals surface area contributed by atoms with Crippen molar-refractivity contribution in [1.82, 2.24) is 9.21 Å². The van der Waals surface area contributed by atoms with Crippen LogP contribution in [0.3, 0.4) is 0 Å². The zero-order valence-electron chi connectivity index (χ0n) is 20.9. The SMILES string of the molecule is COC(=O)c1sccc1S(=O)(=O)N1CCC2(CCN(Cc3ccccc3OCC(C)C)CC2)CC1. The summed E-state index contributed by atoms with van der Waals surface area (Å²) >= 11 is 1.11. The quantitative estimate of drug-likeness (QED) is 0.472. The van der Waals surface area contributed by atoms with Crippen LogP contribution in [-0.4, -0.2) is 63.5 Å². The Morgan fingerprint density at radius 1 is 1.06 bits per heavy atom. The molecule has 0 saturated carbocycles. The van der Waals surface area contributed by atoms with Gasteiger partial charge in [-0.2, -0.15) is 4.31 Å². The second kappa shape index (κ2) is 11.0. The predicted octanol–water partition coefficient (Wildman–Crippen LogP) is 4.64. The molecule has 1 aromatic carbocycles. The summed E-state index contributed by atoms with van der Waals surface area (Å²) in [7, 11) is -2.44. The first-order chi connectivity index (χ1) is 16.7. The third-order valence-corrected chi connectivity index (χ3v) is 10.2. The molecule has 2 aromatic rings. The molecule has 0 bridgehead atoms. The molecule has 35 heavy (non-hydrogen) atoms.